The minimum atomic E-state index is -0.400. The summed E-state index contributed by atoms with van der Waals surface area (Å²) in [6.45, 7) is 0. The van der Waals surface area contributed by atoms with E-state index in [9.17, 15) is 4.79 Å². The number of nitrogens with one attached hydrogen (secondary N) is 1. The van der Waals surface area contributed by atoms with Gasteiger partial charge in [0.25, 0.3) is 0 Å². The zero-order chi connectivity index (χ0) is 17.1. The Morgan fingerprint density at radius 3 is 2.75 bits per heavy atom. The second-order valence-electron chi connectivity index (χ2n) is 4.89. The average Bonchev–Trinajstić information content (AvgIpc) is 3.00. The van der Waals surface area contributed by atoms with Crippen molar-refractivity contribution in [3.8, 4) is 5.75 Å². The summed E-state index contributed by atoms with van der Waals surface area (Å²) in [5, 5.41) is 4.81. The number of hydrazone groups is 1. The van der Waals surface area contributed by atoms with Crippen LogP contribution in [0.5, 0.6) is 5.75 Å². The molecular formula is C17H12BrIN2O3. The first kappa shape index (κ1) is 17.0. The quantitative estimate of drug-likeness (QED) is 0.325. The Kier molecular flexibility index (Phi) is 5.20. The van der Waals surface area contributed by atoms with Gasteiger partial charge in [-0.2, -0.15) is 5.10 Å². The molecule has 0 saturated heterocycles. The van der Waals surface area contributed by atoms with Gasteiger partial charge in [0.15, 0.2) is 5.76 Å². The summed E-state index contributed by atoms with van der Waals surface area (Å²) < 4.78 is 12.6. The summed E-state index contributed by atoms with van der Waals surface area (Å²) in [4.78, 5) is 12.1. The third-order valence-electron chi connectivity index (χ3n) is 3.26. The second-order valence-corrected chi connectivity index (χ2v) is 6.97. The molecule has 24 heavy (non-hydrogen) atoms. The van der Waals surface area contributed by atoms with Crippen molar-refractivity contribution in [3.05, 3.63) is 61.8 Å². The lowest BCUT2D eigenvalue weighted by Crippen LogP contribution is -2.16. The van der Waals surface area contributed by atoms with Crippen molar-refractivity contribution in [2.45, 2.75) is 0 Å². The molecule has 7 heteroatoms. The number of ether oxygens (including phenoxy) is 1. The minimum absolute atomic E-state index is 0.216. The summed E-state index contributed by atoms with van der Waals surface area (Å²) in [6, 6.07) is 12.9. The van der Waals surface area contributed by atoms with Crippen LogP contribution in [0.15, 0.2) is 56.5 Å². The van der Waals surface area contributed by atoms with Gasteiger partial charge in [0.2, 0.25) is 0 Å². The van der Waals surface area contributed by atoms with Gasteiger partial charge >= 0.3 is 5.91 Å². The number of methoxy groups -OCH3 is 1. The van der Waals surface area contributed by atoms with Crippen molar-refractivity contribution < 1.29 is 13.9 Å². The Balaban J connectivity index is 1.72. The van der Waals surface area contributed by atoms with Gasteiger partial charge in [-0.15, -0.1) is 0 Å². The van der Waals surface area contributed by atoms with Gasteiger partial charge in [0.05, 0.1) is 16.9 Å². The van der Waals surface area contributed by atoms with Gasteiger partial charge in [0.1, 0.15) is 11.3 Å². The molecule has 3 aromatic rings. The van der Waals surface area contributed by atoms with E-state index in [1.54, 1.807) is 19.4 Å². The van der Waals surface area contributed by atoms with Crippen LogP contribution in [-0.2, 0) is 0 Å². The zero-order valence-corrected chi connectivity index (χ0v) is 16.3. The van der Waals surface area contributed by atoms with E-state index in [2.05, 4.69) is 49.0 Å². The van der Waals surface area contributed by atoms with Crippen LogP contribution in [0.2, 0.25) is 0 Å². The molecule has 122 valence electrons. The van der Waals surface area contributed by atoms with Crippen molar-refractivity contribution >= 4 is 61.6 Å². The zero-order valence-electron chi connectivity index (χ0n) is 12.5. The number of furan rings is 1. The first-order valence-electron chi connectivity index (χ1n) is 6.93. The van der Waals surface area contributed by atoms with E-state index in [1.165, 1.54) is 0 Å². The maximum Gasteiger partial charge on any atom is 0.307 e. The second kappa shape index (κ2) is 7.35. The number of rotatable bonds is 4. The third kappa shape index (κ3) is 3.78. The predicted octanol–water partition coefficient (Wildman–Crippen LogP) is 4.57. The van der Waals surface area contributed by atoms with E-state index in [0.717, 1.165) is 24.7 Å². The van der Waals surface area contributed by atoms with Crippen LogP contribution >= 0.6 is 38.5 Å². The standard InChI is InChI=1S/C17H12BrIN2O3/c1-23-13-4-2-10(3-5-13)9-20-21-17(22)15-7-11-6-12(18)8-14(19)16(11)24-15/h2-9H,1H3,(H,21,22)/b20-9-. The first-order valence-corrected chi connectivity index (χ1v) is 8.80. The van der Waals surface area contributed by atoms with E-state index < -0.39 is 5.91 Å². The lowest BCUT2D eigenvalue weighted by Gasteiger charge is -1.99. The molecule has 0 bridgehead atoms. The highest BCUT2D eigenvalue weighted by atomic mass is 127. The molecule has 2 aromatic carbocycles. The molecule has 0 unspecified atom stereocenters. The van der Waals surface area contributed by atoms with Crippen LogP contribution in [0.1, 0.15) is 16.1 Å². The molecule has 0 fully saturated rings. The van der Waals surface area contributed by atoms with Gasteiger partial charge in [-0.1, -0.05) is 15.9 Å². The number of amides is 1. The molecule has 3 rings (SSSR count). The summed E-state index contributed by atoms with van der Waals surface area (Å²) >= 11 is 5.60. The summed E-state index contributed by atoms with van der Waals surface area (Å²) in [5.74, 6) is 0.579. The lowest BCUT2D eigenvalue weighted by atomic mass is 10.2. The van der Waals surface area contributed by atoms with E-state index in [1.807, 2.05) is 36.4 Å². The topological polar surface area (TPSA) is 63.8 Å². The van der Waals surface area contributed by atoms with Crippen LogP contribution in [-0.4, -0.2) is 19.2 Å². The van der Waals surface area contributed by atoms with Crippen LogP contribution < -0.4 is 10.2 Å². The van der Waals surface area contributed by atoms with Crippen molar-refractivity contribution in [2.24, 2.45) is 5.10 Å². The summed E-state index contributed by atoms with van der Waals surface area (Å²) in [5.41, 5.74) is 3.99. The van der Waals surface area contributed by atoms with Crippen LogP contribution in [0.4, 0.5) is 0 Å². The van der Waals surface area contributed by atoms with Crippen molar-refractivity contribution in [1.29, 1.82) is 0 Å². The van der Waals surface area contributed by atoms with Crippen molar-refractivity contribution in [2.75, 3.05) is 7.11 Å². The number of carbonyl (C=O) groups excluding carboxylic acids is 1. The maximum absolute atomic E-state index is 12.1. The Morgan fingerprint density at radius 2 is 2.04 bits per heavy atom. The minimum Gasteiger partial charge on any atom is -0.497 e. The fourth-order valence-corrected chi connectivity index (χ4v) is 3.76. The van der Waals surface area contributed by atoms with Crippen LogP contribution in [0.3, 0.4) is 0 Å². The first-order chi connectivity index (χ1) is 11.6. The Labute approximate surface area is 160 Å². The van der Waals surface area contributed by atoms with E-state index in [-0.39, 0.29) is 5.76 Å². The van der Waals surface area contributed by atoms with Gasteiger partial charge in [0, 0.05) is 9.86 Å². The SMILES string of the molecule is COc1ccc(/C=N\NC(=O)c2cc3cc(Br)cc(I)c3o2)cc1. The fraction of sp³-hybridized carbons (Fsp3) is 0.0588. The van der Waals surface area contributed by atoms with Crippen molar-refractivity contribution in [3.63, 3.8) is 0 Å². The molecule has 1 aromatic heterocycles. The molecule has 1 N–H and O–H groups in total. The van der Waals surface area contributed by atoms with E-state index in [0.29, 0.717) is 5.58 Å². The molecule has 0 aliphatic carbocycles. The normalized spacial score (nSPS) is 11.1. The molecule has 1 heterocycles. The smallest absolute Gasteiger partial charge is 0.307 e. The number of nitrogens with zero attached hydrogens (tertiary/aromatic N) is 1. The Morgan fingerprint density at radius 1 is 1.29 bits per heavy atom. The van der Waals surface area contributed by atoms with Crippen LogP contribution in [0, 0.1) is 3.57 Å². The van der Waals surface area contributed by atoms with Gasteiger partial charge in [-0.25, -0.2) is 5.43 Å². The fourth-order valence-electron chi connectivity index (χ4n) is 2.10. The molecule has 1 amide bonds. The number of hydrogen-bond donors (Lipinski definition) is 1. The van der Waals surface area contributed by atoms with Gasteiger partial charge in [-0.3, -0.25) is 4.79 Å². The Bertz CT molecular complexity index is 919. The largest absolute Gasteiger partial charge is 0.497 e. The number of halogens is 2. The summed E-state index contributed by atoms with van der Waals surface area (Å²) in [6.07, 6.45) is 1.56. The highest BCUT2D eigenvalue weighted by Crippen LogP contribution is 2.28. The highest BCUT2D eigenvalue weighted by molar-refractivity contribution is 14.1. The molecule has 0 atom stereocenters. The van der Waals surface area contributed by atoms with Gasteiger partial charge in [-0.05, 0) is 70.6 Å². The molecule has 0 aliphatic rings. The molecule has 0 aliphatic heterocycles. The molecule has 5 nitrogen and oxygen atoms in total. The molecular weight excluding hydrogens is 487 g/mol. The average molecular weight is 499 g/mol. The number of carbonyl (C=O) groups is 1. The van der Waals surface area contributed by atoms with Gasteiger partial charge < -0.3 is 9.15 Å². The summed E-state index contributed by atoms with van der Waals surface area (Å²) in [7, 11) is 1.61. The van der Waals surface area contributed by atoms with Crippen molar-refractivity contribution in [1.82, 2.24) is 5.43 Å². The monoisotopic (exact) mass is 498 g/mol. The Hall–Kier alpha value is -1.87. The highest BCUT2D eigenvalue weighted by Gasteiger charge is 2.14. The third-order valence-corrected chi connectivity index (χ3v) is 4.51. The molecule has 0 radical (unpaired) electrons. The number of hydrogen-bond acceptors (Lipinski definition) is 4. The number of fused-ring (bicyclic) bond motifs is 1. The predicted molar refractivity (Wildman–Crippen MR) is 105 cm³/mol. The molecule has 0 spiro atoms. The number of benzene rings is 2. The maximum atomic E-state index is 12.1. The van der Waals surface area contributed by atoms with E-state index >= 15 is 0 Å². The van der Waals surface area contributed by atoms with E-state index in [4.69, 9.17) is 9.15 Å². The van der Waals surface area contributed by atoms with Crippen LogP contribution in [0.25, 0.3) is 11.0 Å². The lowest BCUT2D eigenvalue weighted by molar-refractivity contribution is 0.0929. The molecule has 0 saturated carbocycles.